The van der Waals surface area contributed by atoms with Gasteiger partial charge in [0.1, 0.15) is 16.9 Å². The molecule has 0 radical (unpaired) electrons. The molecule has 2 N–H and O–H groups in total. The summed E-state index contributed by atoms with van der Waals surface area (Å²) in [5.74, 6) is 0.351. The Labute approximate surface area is 163 Å². The number of rotatable bonds is 6. The van der Waals surface area contributed by atoms with Gasteiger partial charge in [-0.25, -0.2) is 14.8 Å². The van der Waals surface area contributed by atoms with Gasteiger partial charge in [0, 0.05) is 6.61 Å². The number of hydrogen-bond acceptors (Lipinski definition) is 6. The topological polar surface area (TPSA) is 92.3 Å². The number of anilines is 1. The highest BCUT2D eigenvalue weighted by Crippen LogP contribution is 2.30. The molecule has 1 aromatic carbocycles. The highest BCUT2D eigenvalue weighted by Gasteiger charge is 2.27. The second kappa shape index (κ2) is 7.75. The molecule has 3 heterocycles. The summed E-state index contributed by atoms with van der Waals surface area (Å²) in [7, 11) is 0. The number of hydrogen-bond donors (Lipinski definition) is 1. The van der Waals surface area contributed by atoms with E-state index >= 15 is 0 Å². The van der Waals surface area contributed by atoms with Crippen LogP contribution in [0.15, 0.2) is 24.3 Å². The van der Waals surface area contributed by atoms with E-state index in [1.807, 2.05) is 28.8 Å². The van der Waals surface area contributed by atoms with E-state index in [2.05, 4.69) is 13.8 Å². The van der Waals surface area contributed by atoms with Crippen LogP contribution in [0, 0.1) is 5.92 Å². The number of ether oxygens (including phenoxy) is 2. The molecule has 0 spiro atoms. The third-order valence-electron chi connectivity index (χ3n) is 5.13. The Balaban J connectivity index is 1.79. The SMILES string of the molecule is CC(C)CCOC(=O)c1c(N)n(C[C@@H]2CCCO2)c2nc3ccccc3nc12. The number of para-hydroxylation sites is 2. The van der Waals surface area contributed by atoms with E-state index in [0.29, 0.717) is 41.6 Å². The van der Waals surface area contributed by atoms with Gasteiger partial charge in [0.15, 0.2) is 5.65 Å². The van der Waals surface area contributed by atoms with E-state index in [4.69, 9.17) is 25.2 Å². The van der Waals surface area contributed by atoms with Crippen LogP contribution >= 0.6 is 0 Å². The number of nitrogens with two attached hydrogens (primary N) is 1. The number of nitrogens with zero attached hydrogens (tertiary/aromatic N) is 3. The summed E-state index contributed by atoms with van der Waals surface area (Å²) in [6.45, 7) is 5.84. The number of carbonyl (C=O) groups excluding carboxylic acids is 1. The summed E-state index contributed by atoms with van der Waals surface area (Å²) in [6, 6.07) is 7.60. The molecular formula is C21H26N4O3. The maximum Gasteiger partial charge on any atom is 0.344 e. The third-order valence-corrected chi connectivity index (χ3v) is 5.13. The zero-order valence-corrected chi connectivity index (χ0v) is 16.4. The lowest BCUT2D eigenvalue weighted by Gasteiger charge is -2.13. The van der Waals surface area contributed by atoms with Crippen LogP contribution in [-0.4, -0.2) is 39.8 Å². The summed E-state index contributed by atoms with van der Waals surface area (Å²) in [6.07, 6.45) is 2.86. The molecule has 3 aromatic rings. The molecule has 1 aliphatic heterocycles. The molecule has 0 saturated carbocycles. The molecule has 0 bridgehead atoms. The van der Waals surface area contributed by atoms with Crippen molar-refractivity contribution in [3.63, 3.8) is 0 Å². The van der Waals surface area contributed by atoms with Gasteiger partial charge in [-0.05, 0) is 37.3 Å². The van der Waals surface area contributed by atoms with Crippen LogP contribution in [-0.2, 0) is 16.0 Å². The second-order valence-corrected chi connectivity index (χ2v) is 7.71. The van der Waals surface area contributed by atoms with E-state index in [1.54, 1.807) is 0 Å². The molecule has 148 valence electrons. The van der Waals surface area contributed by atoms with Crippen molar-refractivity contribution in [2.24, 2.45) is 5.92 Å². The standard InChI is InChI=1S/C21H26N4O3/c1-13(2)9-11-28-21(26)17-18-20(24-16-8-4-3-7-15(16)23-18)25(19(17)22)12-14-6-5-10-27-14/h3-4,7-8,13-14H,5-6,9-12,22H2,1-2H3/t14-/m0/s1. The van der Waals surface area contributed by atoms with Crippen molar-refractivity contribution in [1.82, 2.24) is 14.5 Å². The molecule has 0 unspecified atom stereocenters. The minimum atomic E-state index is -0.446. The molecule has 1 fully saturated rings. The number of benzene rings is 1. The second-order valence-electron chi connectivity index (χ2n) is 7.71. The summed E-state index contributed by atoms with van der Waals surface area (Å²) >= 11 is 0. The van der Waals surface area contributed by atoms with Gasteiger partial charge in [0.05, 0.1) is 30.3 Å². The zero-order valence-electron chi connectivity index (χ0n) is 16.4. The van der Waals surface area contributed by atoms with Crippen molar-refractivity contribution in [3.8, 4) is 0 Å². The van der Waals surface area contributed by atoms with Crippen LogP contribution in [0.3, 0.4) is 0 Å². The number of aromatic nitrogens is 3. The molecule has 7 heteroatoms. The Morgan fingerprint density at radius 3 is 2.75 bits per heavy atom. The van der Waals surface area contributed by atoms with Gasteiger partial charge in [-0.15, -0.1) is 0 Å². The van der Waals surface area contributed by atoms with Gasteiger partial charge in [0.2, 0.25) is 0 Å². The first-order valence-corrected chi connectivity index (χ1v) is 9.87. The van der Waals surface area contributed by atoms with E-state index in [1.165, 1.54) is 0 Å². The van der Waals surface area contributed by atoms with Crippen molar-refractivity contribution < 1.29 is 14.3 Å². The third kappa shape index (κ3) is 3.54. The van der Waals surface area contributed by atoms with E-state index in [0.717, 1.165) is 36.9 Å². The van der Waals surface area contributed by atoms with Gasteiger partial charge in [-0.3, -0.25) is 0 Å². The zero-order chi connectivity index (χ0) is 19.7. The van der Waals surface area contributed by atoms with Gasteiger partial charge in [-0.1, -0.05) is 26.0 Å². The molecule has 1 atom stereocenters. The normalized spacial score (nSPS) is 17.0. The number of nitrogen functional groups attached to an aromatic ring is 1. The molecular weight excluding hydrogens is 356 g/mol. The molecule has 28 heavy (non-hydrogen) atoms. The fraction of sp³-hybridized carbons (Fsp3) is 0.476. The van der Waals surface area contributed by atoms with E-state index < -0.39 is 5.97 Å². The summed E-state index contributed by atoms with van der Waals surface area (Å²) < 4.78 is 13.1. The Hall–Kier alpha value is -2.67. The fourth-order valence-corrected chi connectivity index (χ4v) is 3.55. The van der Waals surface area contributed by atoms with Gasteiger partial charge < -0.3 is 19.8 Å². The monoisotopic (exact) mass is 382 g/mol. The van der Waals surface area contributed by atoms with Crippen molar-refractivity contribution >= 4 is 34.0 Å². The number of fused-ring (bicyclic) bond motifs is 2. The summed E-state index contributed by atoms with van der Waals surface area (Å²) in [4.78, 5) is 22.3. The van der Waals surface area contributed by atoms with Crippen LogP contribution in [0.5, 0.6) is 0 Å². The quantitative estimate of drug-likeness (QED) is 0.656. The predicted octanol–water partition coefficient (Wildman–Crippen LogP) is 3.55. The largest absolute Gasteiger partial charge is 0.462 e. The molecule has 1 saturated heterocycles. The van der Waals surface area contributed by atoms with Crippen molar-refractivity contribution in [1.29, 1.82) is 0 Å². The smallest absolute Gasteiger partial charge is 0.344 e. The highest BCUT2D eigenvalue weighted by atomic mass is 16.5. The van der Waals surface area contributed by atoms with Crippen molar-refractivity contribution in [3.05, 3.63) is 29.8 Å². The Bertz CT molecular complexity index is 1010. The van der Waals surface area contributed by atoms with Crippen molar-refractivity contribution in [2.45, 2.75) is 45.8 Å². The Kier molecular flexibility index (Phi) is 5.17. The average molecular weight is 382 g/mol. The van der Waals surface area contributed by atoms with Gasteiger partial charge in [-0.2, -0.15) is 0 Å². The average Bonchev–Trinajstić information content (AvgIpc) is 3.27. The van der Waals surface area contributed by atoms with E-state index in [-0.39, 0.29) is 6.10 Å². The first-order chi connectivity index (χ1) is 13.5. The van der Waals surface area contributed by atoms with Crippen LogP contribution in [0.4, 0.5) is 5.82 Å². The lowest BCUT2D eigenvalue weighted by molar-refractivity contribution is 0.0490. The maximum absolute atomic E-state index is 12.8. The number of carbonyl (C=O) groups is 1. The lowest BCUT2D eigenvalue weighted by Crippen LogP contribution is -2.17. The molecule has 0 amide bonds. The van der Waals surface area contributed by atoms with Crippen LogP contribution in [0.25, 0.3) is 22.2 Å². The lowest BCUT2D eigenvalue weighted by atomic mass is 10.1. The van der Waals surface area contributed by atoms with Gasteiger partial charge in [0.25, 0.3) is 0 Å². The highest BCUT2D eigenvalue weighted by molar-refractivity contribution is 6.08. The predicted molar refractivity (Wildman–Crippen MR) is 108 cm³/mol. The Morgan fingerprint density at radius 2 is 2.07 bits per heavy atom. The molecule has 7 nitrogen and oxygen atoms in total. The molecule has 1 aliphatic rings. The van der Waals surface area contributed by atoms with Gasteiger partial charge >= 0.3 is 5.97 Å². The minimum Gasteiger partial charge on any atom is -0.462 e. The minimum absolute atomic E-state index is 0.0657. The van der Waals surface area contributed by atoms with Crippen LogP contribution in [0.1, 0.15) is 43.5 Å². The molecule has 0 aliphatic carbocycles. The summed E-state index contributed by atoms with van der Waals surface area (Å²) in [5, 5.41) is 0. The fourth-order valence-electron chi connectivity index (χ4n) is 3.55. The first kappa shape index (κ1) is 18.7. The molecule has 2 aromatic heterocycles. The maximum atomic E-state index is 12.8. The molecule has 4 rings (SSSR count). The summed E-state index contributed by atoms with van der Waals surface area (Å²) in [5.41, 5.74) is 9.29. The first-order valence-electron chi connectivity index (χ1n) is 9.87. The van der Waals surface area contributed by atoms with Crippen LogP contribution < -0.4 is 5.73 Å². The van der Waals surface area contributed by atoms with Crippen molar-refractivity contribution in [2.75, 3.05) is 18.9 Å². The Morgan fingerprint density at radius 1 is 1.32 bits per heavy atom. The number of esters is 1. The van der Waals surface area contributed by atoms with Crippen LogP contribution in [0.2, 0.25) is 0 Å². The van der Waals surface area contributed by atoms with E-state index in [9.17, 15) is 4.79 Å².